The number of anilines is 1. The highest BCUT2D eigenvalue weighted by molar-refractivity contribution is 7.17. The molecule has 3 aliphatic rings. The highest BCUT2D eigenvalue weighted by Gasteiger charge is 2.40. The number of piperidine rings is 2. The van der Waals surface area contributed by atoms with Crippen LogP contribution in [0.4, 0.5) is 5.82 Å². The smallest absolute Gasteiger partial charge is 0.236 e. The molecule has 43 heavy (non-hydrogen) atoms. The van der Waals surface area contributed by atoms with Gasteiger partial charge in [0.2, 0.25) is 5.91 Å². The van der Waals surface area contributed by atoms with Gasteiger partial charge in [-0.05, 0) is 73.9 Å². The zero-order valence-corrected chi connectivity index (χ0v) is 27.9. The number of phenols is 1. The summed E-state index contributed by atoms with van der Waals surface area (Å²) in [6, 6.07) is 6.05. The summed E-state index contributed by atoms with van der Waals surface area (Å²) in [6.45, 7) is 16.1. The van der Waals surface area contributed by atoms with Gasteiger partial charge in [0.05, 0.1) is 19.8 Å². The number of hydrogen-bond donors (Lipinski definition) is 2. The van der Waals surface area contributed by atoms with Gasteiger partial charge in [-0.25, -0.2) is 0 Å². The van der Waals surface area contributed by atoms with Gasteiger partial charge in [-0.15, -0.1) is 21.5 Å². The molecule has 2 aromatic heterocycles. The molecular formula is C32H45N5O4SSi. The normalized spacial score (nSPS) is 20.5. The SMILES string of the molecule is CC(C)(C)[Si](C)(C)OC1CCN(C(=O)CN2CCC[C@@H](Nc3nnc(-c4ccc5sccc5c4O)c4c3COC4)C2)CC1. The van der Waals surface area contributed by atoms with Crippen LogP contribution in [0, 0.1) is 0 Å². The topological polar surface area (TPSA) is 100 Å². The largest absolute Gasteiger partial charge is 0.507 e. The molecule has 1 amide bonds. The maximum absolute atomic E-state index is 13.3. The molecule has 11 heteroatoms. The van der Waals surface area contributed by atoms with Crippen LogP contribution in [0.2, 0.25) is 18.1 Å². The lowest BCUT2D eigenvalue weighted by atomic mass is 10.0. The third-order valence-electron chi connectivity index (χ3n) is 9.81. The molecule has 0 bridgehead atoms. The molecule has 0 radical (unpaired) electrons. The van der Waals surface area contributed by atoms with Crippen LogP contribution in [0.3, 0.4) is 0 Å². The number of nitrogens with one attached hydrogen (secondary N) is 1. The molecule has 0 aliphatic carbocycles. The molecule has 2 fully saturated rings. The van der Waals surface area contributed by atoms with E-state index in [0.29, 0.717) is 31.0 Å². The van der Waals surface area contributed by atoms with Gasteiger partial charge >= 0.3 is 0 Å². The summed E-state index contributed by atoms with van der Waals surface area (Å²) in [5.74, 6) is 1.20. The third-order valence-corrected chi connectivity index (χ3v) is 15.2. The Kier molecular flexibility index (Phi) is 8.55. The number of hydrogen-bond acceptors (Lipinski definition) is 9. The van der Waals surface area contributed by atoms with Crippen LogP contribution in [0.25, 0.3) is 21.3 Å². The summed E-state index contributed by atoms with van der Waals surface area (Å²) in [5, 5.41) is 26.8. The molecule has 3 aromatic rings. The molecule has 3 aliphatic heterocycles. The number of nitrogens with zero attached hydrogens (tertiary/aromatic N) is 4. The van der Waals surface area contributed by atoms with E-state index >= 15 is 0 Å². The Balaban J connectivity index is 1.06. The van der Waals surface area contributed by atoms with Crippen LogP contribution in [0.15, 0.2) is 23.6 Å². The van der Waals surface area contributed by atoms with Crippen molar-refractivity contribution in [2.45, 2.75) is 89.9 Å². The number of benzene rings is 1. The van der Waals surface area contributed by atoms with Crippen molar-refractivity contribution < 1.29 is 19.1 Å². The first-order valence-corrected chi connectivity index (χ1v) is 19.4. The number of likely N-dealkylation sites (tertiary alicyclic amines) is 2. The molecule has 6 rings (SSSR count). The van der Waals surface area contributed by atoms with Gasteiger partial charge in [0, 0.05) is 58.6 Å². The average molecular weight is 624 g/mol. The highest BCUT2D eigenvalue weighted by atomic mass is 32.1. The number of aromatic hydroxyl groups is 1. The van der Waals surface area contributed by atoms with Gasteiger partial charge in [-0.1, -0.05) is 20.8 Å². The van der Waals surface area contributed by atoms with Gasteiger partial charge in [-0.2, -0.15) is 0 Å². The quantitative estimate of drug-likeness (QED) is 0.310. The predicted molar refractivity (Wildman–Crippen MR) is 174 cm³/mol. The number of ether oxygens (including phenoxy) is 1. The Labute approximate surface area is 259 Å². The minimum Gasteiger partial charge on any atom is -0.507 e. The first-order valence-electron chi connectivity index (χ1n) is 15.6. The molecule has 1 aromatic carbocycles. The monoisotopic (exact) mass is 623 g/mol. The van der Waals surface area contributed by atoms with Crippen LogP contribution in [-0.4, -0.2) is 84.2 Å². The molecular weight excluding hydrogens is 579 g/mol. The van der Waals surface area contributed by atoms with Gasteiger partial charge < -0.3 is 24.5 Å². The summed E-state index contributed by atoms with van der Waals surface area (Å²) in [7, 11) is -1.80. The highest BCUT2D eigenvalue weighted by Crippen LogP contribution is 2.41. The van der Waals surface area contributed by atoms with Crippen LogP contribution < -0.4 is 5.32 Å². The molecule has 232 valence electrons. The number of carbonyl (C=O) groups is 1. The zero-order valence-electron chi connectivity index (χ0n) is 26.1. The molecule has 0 saturated carbocycles. The number of amides is 1. The van der Waals surface area contributed by atoms with Crippen LogP contribution >= 0.6 is 11.3 Å². The predicted octanol–water partition coefficient (Wildman–Crippen LogP) is 5.98. The molecule has 9 nitrogen and oxygen atoms in total. The number of thiophene rings is 1. The maximum atomic E-state index is 13.3. The van der Waals surface area contributed by atoms with Crippen molar-refractivity contribution in [2.75, 3.05) is 38.0 Å². The first kappa shape index (κ1) is 30.5. The van der Waals surface area contributed by atoms with E-state index in [1.165, 1.54) is 0 Å². The summed E-state index contributed by atoms with van der Waals surface area (Å²) < 4.78 is 13.5. The molecule has 2 N–H and O–H groups in total. The third kappa shape index (κ3) is 6.33. The van der Waals surface area contributed by atoms with Crippen molar-refractivity contribution >= 4 is 41.5 Å². The van der Waals surface area contributed by atoms with Gasteiger partial charge in [-0.3, -0.25) is 9.69 Å². The maximum Gasteiger partial charge on any atom is 0.236 e. The molecule has 5 heterocycles. The summed E-state index contributed by atoms with van der Waals surface area (Å²) in [5.41, 5.74) is 3.35. The zero-order chi connectivity index (χ0) is 30.4. The lowest BCUT2D eigenvalue weighted by molar-refractivity contribution is -0.134. The van der Waals surface area contributed by atoms with Crippen molar-refractivity contribution in [3.05, 3.63) is 34.7 Å². The minimum absolute atomic E-state index is 0.172. The number of fused-ring (bicyclic) bond motifs is 2. The summed E-state index contributed by atoms with van der Waals surface area (Å²) in [4.78, 5) is 17.6. The second-order valence-corrected chi connectivity index (χ2v) is 19.5. The molecule has 0 spiro atoms. The fraction of sp³-hybridized carbons (Fsp3) is 0.594. The fourth-order valence-electron chi connectivity index (χ4n) is 6.24. The van der Waals surface area contributed by atoms with E-state index in [2.05, 4.69) is 54.3 Å². The summed E-state index contributed by atoms with van der Waals surface area (Å²) >= 11 is 1.60. The van der Waals surface area contributed by atoms with Gasteiger partial charge in [0.25, 0.3) is 0 Å². The van der Waals surface area contributed by atoms with Gasteiger partial charge in [0.15, 0.2) is 14.1 Å². The van der Waals surface area contributed by atoms with Crippen molar-refractivity contribution in [1.29, 1.82) is 0 Å². The van der Waals surface area contributed by atoms with Crippen molar-refractivity contribution in [1.82, 2.24) is 20.0 Å². The summed E-state index contributed by atoms with van der Waals surface area (Å²) in [6.07, 6.45) is 4.13. The van der Waals surface area contributed by atoms with Crippen molar-refractivity contribution in [3.63, 3.8) is 0 Å². The van der Waals surface area contributed by atoms with E-state index < -0.39 is 8.32 Å². The Morgan fingerprint density at radius 3 is 2.65 bits per heavy atom. The lowest BCUT2D eigenvalue weighted by Gasteiger charge is -2.42. The molecule has 2 saturated heterocycles. The van der Waals surface area contributed by atoms with E-state index in [1.54, 1.807) is 11.3 Å². The Hall–Kier alpha value is -2.57. The number of rotatable bonds is 7. The first-order chi connectivity index (χ1) is 20.5. The molecule has 1 atom stereocenters. The Bertz CT molecular complexity index is 1480. The molecule has 0 unspecified atom stereocenters. The van der Waals surface area contributed by atoms with E-state index in [4.69, 9.17) is 9.16 Å². The lowest BCUT2D eigenvalue weighted by Crippen LogP contribution is -2.51. The van der Waals surface area contributed by atoms with Crippen LogP contribution in [0.5, 0.6) is 5.75 Å². The Morgan fingerprint density at radius 2 is 1.88 bits per heavy atom. The second-order valence-electron chi connectivity index (χ2n) is 13.8. The minimum atomic E-state index is -1.80. The van der Waals surface area contributed by atoms with Crippen LogP contribution in [0.1, 0.15) is 57.6 Å². The van der Waals surface area contributed by atoms with Crippen molar-refractivity contribution in [2.24, 2.45) is 0 Å². The van der Waals surface area contributed by atoms with E-state index in [-0.39, 0.29) is 28.8 Å². The number of carbonyl (C=O) groups excluding carboxylic acids is 1. The number of aromatic nitrogens is 2. The van der Waals surface area contributed by atoms with E-state index in [0.717, 1.165) is 78.9 Å². The fourth-order valence-corrected chi connectivity index (χ4v) is 8.45. The van der Waals surface area contributed by atoms with E-state index in [9.17, 15) is 9.90 Å². The standard InChI is InChI=1S/C32H45N5O4SSi/c1-32(2,3)43(4,5)41-22-10-14-37(15-11-22)28(38)18-36-13-6-7-21(17-36)33-31-26-20-40-19-25(26)29(34-35-31)24-8-9-27-23(30(24)39)12-16-42-27/h8-9,12,16,21-22,39H,6-7,10-11,13-15,17-20H2,1-5H3,(H,33,35)/t21-/m1/s1. The van der Waals surface area contributed by atoms with Crippen molar-refractivity contribution in [3.8, 4) is 17.0 Å². The average Bonchev–Trinajstić information content (AvgIpc) is 3.65. The van der Waals surface area contributed by atoms with Gasteiger partial charge in [0.1, 0.15) is 11.4 Å². The number of phenolic OH excluding ortho intramolecular Hbond substituents is 1. The van der Waals surface area contributed by atoms with Crippen LogP contribution in [-0.2, 0) is 27.2 Å². The second kappa shape index (κ2) is 12.1. The Morgan fingerprint density at radius 1 is 1.12 bits per heavy atom. The van der Waals surface area contributed by atoms with E-state index in [1.807, 2.05) is 28.5 Å².